The number of ether oxygens (including phenoxy) is 1. The number of halogens is 1. The molecule has 2 amide bonds. The number of ketones is 1. The molecule has 0 bridgehead atoms. The molecule has 4 unspecified atom stereocenters. The lowest BCUT2D eigenvalue weighted by molar-refractivity contribution is -0.135. The molecule has 0 aromatic heterocycles. The Balaban J connectivity index is 1.69. The Hall–Kier alpha value is -3.12. The monoisotopic (exact) mass is 478 g/mol. The molecule has 0 N–H and O–H groups in total. The van der Waals surface area contributed by atoms with E-state index in [1.165, 1.54) is 12.0 Å². The summed E-state index contributed by atoms with van der Waals surface area (Å²) in [7, 11) is 1.48. The van der Waals surface area contributed by atoms with E-state index in [1.807, 2.05) is 69.1 Å². The summed E-state index contributed by atoms with van der Waals surface area (Å²) in [6.07, 6.45) is 3.83. The van der Waals surface area contributed by atoms with Crippen molar-refractivity contribution in [3.05, 3.63) is 64.3 Å². The van der Waals surface area contributed by atoms with Crippen LogP contribution in [-0.2, 0) is 14.4 Å². The second kappa shape index (κ2) is 7.70. The minimum atomic E-state index is -0.791. The van der Waals surface area contributed by atoms with Crippen LogP contribution < -0.4 is 9.64 Å². The number of aryl methyl sites for hydroxylation is 1. The lowest BCUT2D eigenvalue weighted by Crippen LogP contribution is -2.47. The van der Waals surface area contributed by atoms with Crippen LogP contribution in [0.4, 0.5) is 5.69 Å². The van der Waals surface area contributed by atoms with E-state index < -0.39 is 29.3 Å². The lowest BCUT2D eigenvalue weighted by Gasteiger charge is -2.37. The zero-order valence-electron chi connectivity index (χ0n) is 19.8. The SMILES string of the molecule is COc1cc(Cl)c(C)cc1N1C(=O)C2C(C1=O)C1c3ccccc3C=CN1C2C(=O)C(C)(C)C. The normalized spacial score (nSPS) is 25.4. The molecule has 0 aliphatic carbocycles. The molecule has 7 heteroatoms. The highest BCUT2D eigenvalue weighted by Gasteiger charge is 2.65. The number of anilines is 1. The predicted octanol–water partition coefficient (Wildman–Crippen LogP) is 4.79. The number of carbonyl (C=O) groups is 3. The Morgan fingerprint density at radius 3 is 2.41 bits per heavy atom. The third kappa shape index (κ3) is 3.12. The average molecular weight is 479 g/mol. The van der Waals surface area contributed by atoms with E-state index >= 15 is 0 Å². The fourth-order valence-electron chi connectivity index (χ4n) is 5.52. The van der Waals surface area contributed by atoms with E-state index in [0.717, 1.165) is 16.7 Å². The van der Waals surface area contributed by atoms with Crippen molar-refractivity contribution >= 4 is 41.0 Å². The number of carbonyl (C=O) groups excluding carboxylic acids is 3. The molecule has 176 valence electrons. The first-order valence-corrected chi connectivity index (χ1v) is 11.7. The fraction of sp³-hybridized carbons (Fsp3) is 0.370. The number of hydrogen-bond acceptors (Lipinski definition) is 5. The number of benzene rings is 2. The van der Waals surface area contributed by atoms with Crippen LogP contribution >= 0.6 is 11.6 Å². The van der Waals surface area contributed by atoms with Gasteiger partial charge in [0, 0.05) is 22.7 Å². The highest BCUT2D eigenvalue weighted by atomic mass is 35.5. The smallest absolute Gasteiger partial charge is 0.240 e. The molecular formula is C27H27ClN2O4. The van der Waals surface area contributed by atoms with Gasteiger partial charge in [0.25, 0.3) is 0 Å². The third-order valence-electron chi connectivity index (χ3n) is 7.17. The summed E-state index contributed by atoms with van der Waals surface area (Å²) in [5.41, 5.74) is 2.35. The first kappa shape index (κ1) is 22.7. The summed E-state index contributed by atoms with van der Waals surface area (Å²) in [4.78, 5) is 44.8. The van der Waals surface area contributed by atoms with E-state index in [-0.39, 0.29) is 17.6 Å². The summed E-state index contributed by atoms with van der Waals surface area (Å²) >= 11 is 6.27. The summed E-state index contributed by atoms with van der Waals surface area (Å²) in [5, 5.41) is 0.484. The quantitative estimate of drug-likeness (QED) is 0.593. The summed E-state index contributed by atoms with van der Waals surface area (Å²) < 4.78 is 5.48. The minimum Gasteiger partial charge on any atom is -0.495 e. The first-order chi connectivity index (χ1) is 16.1. The van der Waals surface area contributed by atoms with Gasteiger partial charge < -0.3 is 9.64 Å². The molecule has 2 aromatic rings. The van der Waals surface area contributed by atoms with Crippen LogP contribution in [0, 0.1) is 24.2 Å². The molecule has 3 aliphatic heterocycles. The fourth-order valence-corrected chi connectivity index (χ4v) is 5.68. The van der Waals surface area contributed by atoms with Crippen molar-refractivity contribution in [2.75, 3.05) is 12.0 Å². The van der Waals surface area contributed by atoms with Crippen molar-refractivity contribution in [2.45, 2.75) is 39.8 Å². The van der Waals surface area contributed by atoms with E-state index in [9.17, 15) is 14.4 Å². The Bertz CT molecular complexity index is 1260. The van der Waals surface area contributed by atoms with E-state index in [0.29, 0.717) is 16.5 Å². The number of methoxy groups -OCH3 is 1. The second-order valence-electron chi connectivity index (χ2n) is 10.2. The number of hydrogen-bond donors (Lipinski definition) is 0. The molecule has 2 fully saturated rings. The lowest BCUT2D eigenvalue weighted by atomic mass is 9.79. The van der Waals surface area contributed by atoms with Gasteiger partial charge >= 0.3 is 0 Å². The zero-order chi connectivity index (χ0) is 24.5. The standard InChI is InChI=1S/C27H27ClN2O4/c1-14-12-18(19(34-5)13-17(14)28)30-25(32)20-21(26(30)33)23(24(31)27(2,3)4)29-11-10-15-8-6-7-9-16(15)22(20)29/h6-13,20-23H,1-5H3. The second-order valence-corrected chi connectivity index (χ2v) is 10.6. The maximum atomic E-state index is 14.0. The summed E-state index contributed by atoms with van der Waals surface area (Å²) in [5.74, 6) is -1.89. The van der Waals surface area contributed by atoms with E-state index in [2.05, 4.69) is 0 Å². The topological polar surface area (TPSA) is 66.9 Å². The Kier molecular flexibility index (Phi) is 5.13. The summed E-state index contributed by atoms with van der Waals surface area (Å²) in [6, 6.07) is 10.0. The van der Waals surface area contributed by atoms with E-state index in [4.69, 9.17) is 16.3 Å². The zero-order valence-corrected chi connectivity index (χ0v) is 20.6. The maximum absolute atomic E-state index is 14.0. The van der Waals surface area contributed by atoms with Gasteiger partial charge in [0.1, 0.15) is 11.8 Å². The summed E-state index contributed by atoms with van der Waals surface area (Å²) in [6.45, 7) is 7.37. The Morgan fingerprint density at radius 1 is 1.06 bits per heavy atom. The van der Waals surface area contributed by atoms with Crippen LogP contribution in [0.1, 0.15) is 43.5 Å². The highest BCUT2D eigenvalue weighted by molar-refractivity contribution is 6.32. The van der Waals surface area contributed by atoms with Crippen molar-refractivity contribution in [1.82, 2.24) is 4.90 Å². The molecule has 2 saturated heterocycles. The molecule has 2 aromatic carbocycles. The van der Waals surface area contributed by atoms with Crippen LogP contribution in [0.3, 0.4) is 0 Å². The number of amides is 2. The number of Topliss-reactive ketones (excluding diaryl/α,β-unsaturated/α-hetero) is 1. The van der Waals surface area contributed by atoms with Crippen LogP contribution in [0.25, 0.3) is 6.08 Å². The van der Waals surface area contributed by atoms with Gasteiger partial charge in [-0.05, 0) is 35.8 Å². The molecule has 3 aliphatic rings. The predicted molar refractivity (Wildman–Crippen MR) is 131 cm³/mol. The van der Waals surface area contributed by atoms with Crippen LogP contribution in [0.5, 0.6) is 5.75 Å². The number of rotatable bonds is 3. The van der Waals surface area contributed by atoms with Crippen LogP contribution in [0.15, 0.2) is 42.6 Å². The van der Waals surface area contributed by atoms with Gasteiger partial charge in [-0.1, -0.05) is 56.6 Å². The van der Waals surface area contributed by atoms with Gasteiger partial charge in [0.2, 0.25) is 11.8 Å². The first-order valence-electron chi connectivity index (χ1n) is 11.4. The maximum Gasteiger partial charge on any atom is 0.240 e. The van der Waals surface area contributed by atoms with Crippen molar-refractivity contribution < 1.29 is 19.1 Å². The largest absolute Gasteiger partial charge is 0.495 e. The van der Waals surface area contributed by atoms with Gasteiger partial charge in [-0.25, -0.2) is 4.90 Å². The van der Waals surface area contributed by atoms with Gasteiger partial charge in [-0.3, -0.25) is 14.4 Å². The van der Waals surface area contributed by atoms with Gasteiger partial charge in [0.05, 0.1) is 30.7 Å². The molecule has 3 heterocycles. The van der Waals surface area contributed by atoms with Crippen molar-refractivity contribution in [3.63, 3.8) is 0 Å². The Morgan fingerprint density at radius 2 is 1.74 bits per heavy atom. The van der Waals surface area contributed by atoms with Crippen LogP contribution in [-0.4, -0.2) is 35.6 Å². The number of nitrogens with zero attached hydrogens (tertiary/aromatic N) is 2. The van der Waals surface area contributed by atoms with Crippen molar-refractivity contribution in [2.24, 2.45) is 17.3 Å². The Labute approximate surface area is 204 Å². The molecule has 0 spiro atoms. The number of imide groups is 1. The van der Waals surface area contributed by atoms with Gasteiger partial charge in [-0.2, -0.15) is 0 Å². The van der Waals surface area contributed by atoms with E-state index in [1.54, 1.807) is 12.1 Å². The molecule has 4 atom stereocenters. The number of fused-ring (bicyclic) bond motifs is 5. The molecule has 34 heavy (non-hydrogen) atoms. The third-order valence-corrected chi connectivity index (χ3v) is 7.58. The molecule has 0 saturated carbocycles. The highest BCUT2D eigenvalue weighted by Crippen LogP contribution is 2.55. The average Bonchev–Trinajstić information content (AvgIpc) is 3.27. The van der Waals surface area contributed by atoms with Crippen molar-refractivity contribution in [1.29, 1.82) is 0 Å². The molecule has 5 rings (SSSR count). The van der Waals surface area contributed by atoms with Crippen molar-refractivity contribution in [3.8, 4) is 5.75 Å². The van der Waals surface area contributed by atoms with Gasteiger partial charge in [-0.15, -0.1) is 0 Å². The molecular weight excluding hydrogens is 452 g/mol. The molecule has 6 nitrogen and oxygen atoms in total. The van der Waals surface area contributed by atoms with Crippen LogP contribution in [0.2, 0.25) is 5.02 Å². The minimum absolute atomic E-state index is 0.0590. The molecule has 0 radical (unpaired) electrons. The van der Waals surface area contributed by atoms with Gasteiger partial charge in [0.15, 0.2) is 5.78 Å².